The van der Waals surface area contributed by atoms with Gasteiger partial charge in [0, 0.05) is 5.39 Å². The van der Waals surface area contributed by atoms with Crippen LogP contribution in [0.15, 0.2) is 78.2 Å². The standard InChI is InChI=1S/C24H20N2O3S/c1-16(17-8-3-2-4-9-17)25-23(27)15-29-24(28)19-14-21(22-12-7-13-30-22)26-20-11-6-5-10-18(19)20/h2-14,16H,15H2,1H3,(H,25,27)/t16-/m0/s1. The third-order valence-electron chi connectivity index (χ3n) is 4.72. The van der Waals surface area contributed by atoms with E-state index >= 15 is 0 Å². The number of nitrogens with one attached hydrogen (secondary N) is 1. The Labute approximate surface area is 178 Å². The first-order chi connectivity index (χ1) is 14.6. The predicted octanol–water partition coefficient (Wildman–Crippen LogP) is 5.00. The van der Waals surface area contributed by atoms with Crippen LogP contribution in [0.4, 0.5) is 0 Å². The summed E-state index contributed by atoms with van der Waals surface area (Å²) in [5.41, 5.74) is 2.79. The molecule has 0 fully saturated rings. The number of rotatable bonds is 6. The number of carbonyl (C=O) groups excluding carboxylic acids is 2. The highest BCUT2D eigenvalue weighted by atomic mass is 32.1. The van der Waals surface area contributed by atoms with Crippen molar-refractivity contribution in [3.05, 3.63) is 89.3 Å². The fourth-order valence-electron chi connectivity index (χ4n) is 3.21. The molecular formula is C24H20N2O3S. The van der Waals surface area contributed by atoms with E-state index < -0.39 is 5.97 Å². The van der Waals surface area contributed by atoms with Gasteiger partial charge in [0.2, 0.25) is 0 Å². The third kappa shape index (κ3) is 4.39. The molecule has 4 aromatic rings. The summed E-state index contributed by atoms with van der Waals surface area (Å²) in [5, 5.41) is 5.50. The average Bonchev–Trinajstić information content (AvgIpc) is 3.32. The second-order valence-corrected chi connectivity index (χ2v) is 7.77. The van der Waals surface area contributed by atoms with E-state index in [4.69, 9.17) is 4.74 Å². The molecule has 2 heterocycles. The van der Waals surface area contributed by atoms with Crippen molar-refractivity contribution in [1.29, 1.82) is 0 Å². The van der Waals surface area contributed by atoms with E-state index in [1.807, 2.05) is 79.0 Å². The van der Waals surface area contributed by atoms with Crippen LogP contribution in [0, 0.1) is 0 Å². The lowest BCUT2D eigenvalue weighted by Gasteiger charge is -2.14. The number of nitrogens with zero attached hydrogens (tertiary/aromatic N) is 1. The van der Waals surface area contributed by atoms with Crippen LogP contribution >= 0.6 is 11.3 Å². The van der Waals surface area contributed by atoms with Crippen molar-refractivity contribution in [1.82, 2.24) is 10.3 Å². The van der Waals surface area contributed by atoms with Crippen molar-refractivity contribution in [3.63, 3.8) is 0 Å². The number of para-hydroxylation sites is 1. The summed E-state index contributed by atoms with van der Waals surface area (Å²) < 4.78 is 5.33. The summed E-state index contributed by atoms with van der Waals surface area (Å²) in [6, 6.07) is 22.5. The highest BCUT2D eigenvalue weighted by Gasteiger charge is 2.17. The molecule has 0 aliphatic heterocycles. The van der Waals surface area contributed by atoms with E-state index in [0.29, 0.717) is 22.2 Å². The molecule has 0 unspecified atom stereocenters. The lowest BCUT2D eigenvalue weighted by atomic mass is 10.1. The number of fused-ring (bicyclic) bond motifs is 1. The first-order valence-corrected chi connectivity index (χ1v) is 10.4. The van der Waals surface area contributed by atoms with Crippen LogP contribution in [0.1, 0.15) is 28.9 Å². The largest absolute Gasteiger partial charge is 0.452 e. The van der Waals surface area contributed by atoms with Gasteiger partial charge in [0.05, 0.1) is 27.7 Å². The van der Waals surface area contributed by atoms with Gasteiger partial charge in [-0.25, -0.2) is 9.78 Å². The van der Waals surface area contributed by atoms with Crippen LogP contribution in [-0.4, -0.2) is 23.5 Å². The highest BCUT2D eigenvalue weighted by Crippen LogP contribution is 2.28. The van der Waals surface area contributed by atoms with Crippen LogP contribution in [0.5, 0.6) is 0 Å². The predicted molar refractivity (Wildman–Crippen MR) is 118 cm³/mol. The zero-order valence-corrected chi connectivity index (χ0v) is 17.2. The number of benzene rings is 2. The molecule has 1 N–H and O–H groups in total. The van der Waals surface area contributed by atoms with Crippen LogP contribution in [-0.2, 0) is 9.53 Å². The Morgan fingerprint density at radius 2 is 1.80 bits per heavy atom. The van der Waals surface area contributed by atoms with E-state index in [-0.39, 0.29) is 18.6 Å². The third-order valence-corrected chi connectivity index (χ3v) is 5.61. The lowest BCUT2D eigenvalue weighted by molar-refractivity contribution is -0.124. The Bertz CT molecular complexity index is 1170. The molecule has 1 atom stereocenters. The van der Waals surface area contributed by atoms with Gasteiger partial charge < -0.3 is 10.1 Å². The first-order valence-electron chi connectivity index (χ1n) is 9.57. The minimum absolute atomic E-state index is 0.176. The van der Waals surface area contributed by atoms with Gasteiger partial charge in [-0.1, -0.05) is 54.6 Å². The minimum atomic E-state index is -0.547. The van der Waals surface area contributed by atoms with Crippen LogP contribution in [0.2, 0.25) is 0 Å². The molecule has 0 bridgehead atoms. The molecule has 0 aliphatic carbocycles. The van der Waals surface area contributed by atoms with Crippen LogP contribution < -0.4 is 5.32 Å². The van der Waals surface area contributed by atoms with E-state index in [1.54, 1.807) is 17.4 Å². The summed E-state index contributed by atoms with van der Waals surface area (Å²) in [5.74, 6) is -0.898. The Balaban J connectivity index is 1.50. The molecule has 5 nitrogen and oxygen atoms in total. The quantitative estimate of drug-likeness (QED) is 0.449. The SMILES string of the molecule is C[C@H](NC(=O)COC(=O)c1cc(-c2cccs2)nc2ccccc12)c1ccccc1. The van der Waals surface area contributed by atoms with Crippen molar-refractivity contribution in [2.45, 2.75) is 13.0 Å². The molecule has 0 radical (unpaired) electrons. The van der Waals surface area contributed by atoms with Gasteiger partial charge >= 0.3 is 5.97 Å². The molecule has 1 amide bonds. The zero-order valence-electron chi connectivity index (χ0n) is 16.4. The second-order valence-electron chi connectivity index (χ2n) is 6.83. The molecular weight excluding hydrogens is 396 g/mol. The van der Waals surface area contributed by atoms with Crippen molar-refractivity contribution in [2.75, 3.05) is 6.61 Å². The molecule has 4 rings (SSSR count). The number of hydrogen-bond acceptors (Lipinski definition) is 5. The lowest BCUT2D eigenvalue weighted by Crippen LogP contribution is -2.31. The Morgan fingerprint density at radius 3 is 2.57 bits per heavy atom. The van der Waals surface area contributed by atoms with Gasteiger partial charge in [0.25, 0.3) is 5.91 Å². The summed E-state index contributed by atoms with van der Waals surface area (Å²) >= 11 is 1.55. The molecule has 0 saturated carbocycles. The van der Waals surface area contributed by atoms with E-state index in [0.717, 1.165) is 10.4 Å². The molecule has 6 heteroatoms. The Kier molecular flexibility index (Phi) is 5.86. The maximum atomic E-state index is 12.8. The fourth-order valence-corrected chi connectivity index (χ4v) is 3.90. The van der Waals surface area contributed by atoms with E-state index in [1.165, 1.54) is 0 Å². The molecule has 150 valence electrons. The van der Waals surface area contributed by atoms with Gasteiger partial charge in [0.1, 0.15) is 0 Å². The molecule has 0 saturated heterocycles. The maximum absolute atomic E-state index is 12.8. The molecule has 30 heavy (non-hydrogen) atoms. The molecule has 0 aliphatic rings. The van der Waals surface area contributed by atoms with Gasteiger partial charge in [-0.3, -0.25) is 4.79 Å². The number of hydrogen-bond donors (Lipinski definition) is 1. The first kappa shape index (κ1) is 19.8. The van der Waals surface area contributed by atoms with Crippen molar-refractivity contribution < 1.29 is 14.3 Å². The van der Waals surface area contributed by atoms with Gasteiger partial charge in [-0.05, 0) is 36.1 Å². The minimum Gasteiger partial charge on any atom is -0.452 e. The molecule has 0 spiro atoms. The van der Waals surface area contributed by atoms with Crippen LogP contribution in [0.3, 0.4) is 0 Å². The maximum Gasteiger partial charge on any atom is 0.339 e. The highest BCUT2D eigenvalue weighted by molar-refractivity contribution is 7.13. The van der Waals surface area contributed by atoms with Crippen molar-refractivity contribution >= 4 is 34.1 Å². The monoisotopic (exact) mass is 416 g/mol. The topological polar surface area (TPSA) is 68.3 Å². The number of aromatic nitrogens is 1. The number of ether oxygens (including phenoxy) is 1. The Hall–Kier alpha value is -3.51. The normalized spacial score (nSPS) is 11.8. The van der Waals surface area contributed by atoms with Gasteiger partial charge in [-0.2, -0.15) is 0 Å². The molecule has 2 aromatic heterocycles. The number of pyridine rings is 1. The summed E-state index contributed by atoms with van der Waals surface area (Å²) in [4.78, 5) is 30.7. The number of esters is 1. The van der Waals surface area contributed by atoms with E-state index in [9.17, 15) is 9.59 Å². The van der Waals surface area contributed by atoms with Gasteiger partial charge in [-0.15, -0.1) is 11.3 Å². The van der Waals surface area contributed by atoms with E-state index in [2.05, 4.69) is 10.3 Å². The smallest absolute Gasteiger partial charge is 0.339 e. The second kappa shape index (κ2) is 8.88. The summed E-state index contributed by atoms with van der Waals surface area (Å²) in [6.07, 6.45) is 0. The Morgan fingerprint density at radius 1 is 1.03 bits per heavy atom. The summed E-state index contributed by atoms with van der Waals surface area (Å²) in [6.45, 7) is 1.54. The zero-order chi connectivity index (χ0) is 20.9. The van der Waals surface area contributed by atoms with Crippen LogP contribution in [0.25, 0.3) is 21.5 Å². The number of amides is 1. The number of carbonyl (C=O) groups is 2. The molecule has 2 aromatic carbocycles. The van der Waals surface area contributed by atoms with Gasteiger partial charge in [0.15, 0.2) is 6.61 Å². The van der Waals surface area contributed by atoms with Crippen molar-refractivity contribution in [3.8, 4) is 10.6 Å². The van der Waals surface area contributed by atoms with Crippen molar-refractivity contribution in [2.24, 2.45) is 0 Å². The summed E-state index contributed by atoms with van der Waals surface area (Å²) in [7, 11) is 0. The fraction of sp³-hybridized carbons (Fsp3) is 0.125. The number of thiophene rings is 1. The average molecular weight is 417 g/mol.